The van der Waals surface area contributed by atoms with Crippen molar-refractivity contribution in [2.24, 2.45) is 0 Å². The highest BCUT2D eigenvalue weighted by molar-refractivity contribution is 5.94. The zero-order chi connectivity index (χ0) is 14.3. The fraction of sp³-hybridized carbons (Fsp3) is 0.533. The average Bonchev–Trinajstić information content (AvgIpc) is 2.43. The number of amides is 1. The summed E-state index contributed by atoms with van der Waals surface area (Å²) in [5.74, 6) is -0.240. The summed E-state index contributed by atoms with van der Waals surface area (Å²) in [6.07, 6.45) is 3.32. The first kappa shape index (κ1) is 15.7. The van der Waals surface area contributed by atoms with E-state index in [-0.39, 0.29) is 19.1 Å². The van der Waals surface area contributed by atoms with E-state index < -0.39 is 5.60 Å². The maximum Gasteiger partial charge on any atom is 0.251 e. The molecule has 1 unspecified atom stereocenters. The highest BCUT2D eigenvalue weighted by Gasteiger charge is 2.20. The van der Waals surface area contributed by atoms with Crippen LogP contribution in [0.25, 0.3) is 0 Å². The molecule has 3 N–H and O–H groups in total. The number of aryl methyl sites for hydroxylation is 1. The van der Waals surface area contributed by atoms with Gasteiger partial charge in [-0.2, -0.15) is 0 Å². The highest BCUT2D eigenvalue weighted by atomic mass is 16.3. The molecule has 0 saturated heterocycles. The average molecular weight is 265 g/mol. The molecule has 1 atom stereocenters. The van der Waals surface area contributed by atoms with Gasteiger partial charge in [0.25, 0.3) is 5.91 Å². The number of hydrogen-bond acceptors (Lipinski definition) is 3. The minimum Gasteiger partial charge on any atom is -0.393 e. The van der Waals surface area contributed by atoms with Gasteiger partial charge in [0, 0.05) is 12.1 Å². The number of hydrogen-bond donors (Lipinski definition) is 3. The van der Waals surface area contributed by atoms with Crippen molar-refractivity contribution < 1.29 is 15.0 Å². The summed E-state index contributed by atoms with van der Waals surface area (Å²) < 4.78 is 0. The number of carbonyl (C=O) groups is 1. The van der Waals surface area contributed by atoms with E-state index in [1.54, 1.807) is 12.1 Å². The molecule has 0 fully saturated rings. The first-order chi connectivity index (χ1) is 8.98. The molecule has 0 heterocycles. The Labute approximate surface area is 114 Å². The van der Waals surface area contributed by atoms with Crippen LogP contribution in [-0.4, -0.2) is 34.9 Å². The molecule has 0 aromatic heterocycles. The fourth-order valence-corrected chi connectivity index (χ4v) is 1.63. The number of aliphatic hydroxyl groups excluding tert-OH is 1. The van der Waals surface area contributed by atoms with Crippen LogP contribution >= 0.6 is 0 Å². The van der Waals surface area contributed by atoms with Crippen molar-refractivity contribution >= 4 is 5.91 Å². The molecule has 1 aromatic rings. The molecule has 4 heteroatoms. The predicted molar refractivity (Wildman–Crippen MR) is 75.1 cm³/mol. The molecule has 0 saturated carbocycles. The lowest BCUT2D eigenvalue weighted by atomic mass is 10.1. The van der Waals surface area contributed by atoms with E-state index in [4.69, 9.17) is 5.11 Å². The van der Waals surface area contributed by atoms with Gasteiger partial charge in [-0.05, 0) is 37.5 Å². The van der Waals surface area contributed by atoms with E-state index in [2.05, 4.69) is 12.2 Å². The zero-order valence-electron chi connectivity index (χ0n) is 11.6. The van der Waals surface area contributed by atoms with Gasteiger partial charge in [0.2, 0.25) is 0 Å². The highest BCUT2D eigenvalue weighted by Crippen LogP contribution is 2.08. The molecule has 0 aliphatic rings. The molecule has 1 rings (SSSR count). The molecule has 0 bridgehead atoms. The van der Waals surface area contributed by atoms with Crippen molar-refractivity contribution in [2.45, 2.75) is 38.7 Å². The molecule has 0 aliphatic heterocycles. The molecule has 4 nitrogen and oxygen atoms in total. The SMILES string of the molecule is CCCCc1ccc(C(=O)NCC(C)(O)CO)cc1. The summed E-state index contributed by atoms with van der Waals surface area (Å²) in [6, 6.07) is 7.48. The van der Waals surface area contributed by atoms with Crippen molar-refractivity contribution in [3.63, 3.8) is 0 Å². The van der Waals surface area contributed by atoms with Crippen LogP contribution in [0.3, 0.4) is 0 Å². The monoisotopic (exact) mass is 265 g/mol. The number of rotatable bonds is 7. The number of carbonyl (C=O) groups excluding carboxylic acids is 1. The van der Waals surface area contributed by atoms with E-state index >= 15 is 0 Å². The summed E-state index contributed by atoms with van der Waals surface area (Å²) in [5.41, 5.74) is 0.506. The van der Waals surface area contributed by atoms with Crippen LogP contribution in [0.15, 0.2) is 24.3 Å². The van der Waals surface area contributed by atoms with Gasteiger partial charge in [0.15, 0.2) is 0 Å². The minimum absolute atomic E-state index is 0.0277. The normalized spacial score (nSPS) is 13.9. The number of unbranched alkanes of at least 4 members (excludes halogenated alkanes) is 1. The van der Waals surface area contributed by atoms with Crippen LogP contribution in [0.4, 0.5) is 0 Å². The molecule has 19 heavy (non-hydrogen) atoms. The van der Waals surface area contributed by atoms with Crippen LogP contribution in [0.1, 0.15) is 42.6 Å². The van der Waals surface area contributed by atoms with Crippen molar-refractivity contribution in [3.05, 3.63) is 35.4 Å². The predicted octanol–water partition coefficient (Wildman–Crippen LogP) is 1.50. The second kappa shape index (κ2) is 7.26. The van der Waals surface area contributed by atoms with Gasteiger partial charge in [-0.25, -0.2) is 0 Å². The van der Waals surface area contributed by atoms with Gasteiger partial charge < -0.3 is 15.5 Å². The van der Waals surface area contributed by atoms with E-state index in [0.29, 0.717) is 5.56 Å². The molecule has 0 aliphatic carbocycles. The Balaban J connectivity index is 2.53. The van der Waals surface area contributed by atoms with E-state index in [0.717, 1.165) is 19.3 Å². The standard InChI is InChI=1S/C15H23NO3/c1-3-4-5-12-6-8-13(9-7-12)14(18)16-10-15(2,19)11-17/h6-9,17,19H,3-5,10-11H2,1-2H3,(H,16,18). The second-order valence-electron chi connectivity index (χ2n) is 5.14. The lowest BCUT2D eigenvalue weighted by Gasteiger charge is -2.20. The molecule has 106 valence electrons. The Morgan fingerprint density at radius 1 is 1.32 bits per heavy atom. The van der Waals surface area contributed by atoms with Gasteiger partial charge in [0.05, 0.1) is 6.61 Å². The maximum absolute atomic E-state index is 11.8. The van der Waals surface area contributed by atoms with Gasteiger partial charge in [-0.3, -0.25) is 4.79 Å². The second-order valence-corrected chi connectivity index (χ2v) is 5.14. The quantitative estimate of drug-likeness (QED) is 0.700. The van der Waals surface area contributed by atoms with Gasteiger partial charge in [0.1, 0.15) is 5.60 Å². The summed E-state index contributed by atoms with van der Waals surface area (Å²) >= 11 is 0. The third-order valence-electron chi connectivity index (χ3n) is 3.01. The lowest BCUT2D eigenvalue weighted by molar-refractivity contribution is 0.00320. The van der Waals surface area contributed by atoms with Gasteiger partial charge >= 0.3 is 0 Å². The number of nitrogens with one attached hydrogen (secondary N) is 1. The molecule has 1 amide bonds. The van der Waals surface area contributed by atoms with Crippen molar-refractivity contribution in [1.29, 1.82) is 0 Å². The largest absolute Gasteiger partial charge is 0.393 e. The molecule has 0 radical (unpaired) electrons. The minimum atomic E-state index is -1.28. The molecular formula is C15H23NO3. The molecule has 0 spiro atoms. The third kappa shape index (κ3) is 5.41. The van der Waals surface area contributed by atoms with Gasteiger partial charge in [-0.15, -0.1) is 0 Å². The zero-order valence-corrected chi connectivity index (χ0v) is 11.6. The molecular weight excluding hydrogens is 242 g/mol. The summed E-state index contributed by atoms with van der Waals surface area (Å²) in [4.78, 5) is 11.8. The topological polar surface area (TPSA) is 69.6 Å². The Hall–Kier alpha value is -1.39. The van der Waals surface area contributed by atoms with E-state index in [1.165, 1.54) is 12.5 Å². The Morgan fingerprint density at radius 3 is 2.47 bits per heavy atom. The Bertz CT molecular complexity index is 398. The van der Waals surface area contributed by atoms with E-state index in [9.17, 15) is 9.90 Å². The van der Waals surface area contributed by atoms with Crippen LogP contribution in [0, 0.1) is 0 Å². The van der Waals surface area contributed by atoms with Crippen molar-refractivity contribution in [2.75, 3.05) is 13.2 Å². The summed E-state index contributed by atoms with van der Waals surface area (Å²) in [5, 5.41) is 21.1. The van der Waals surface area contributed by atoms with Crippen LogP contribution in [0.5, 0.6) is 0 Å². The van der Waals surface area contributed by atoms with Crippen LogP contribution < -0.4 is 5.32 Å². The van der Waals surface area contributed by atoms with Crippen LogP contribution in [-0.2, 0) is 6.42 Å². The first-order valence-electron chi connectivity index (χ1n) is 6.69. The Morgan fingerprint density at radius 2 is 1.95 bits per heavy atom. The lowest BCUT2D eigenvalue weighted by Crippen LogP contribution is -2.43. The summed E-state index contributed by atoms with van der Waals surface area (Å²) in [7, 11) is 0. The maximum atomic E-state index is 11.8. The third-order valence-corrected chi connectivity index (χ3v) is 3.01. The fourth-order valence-electron chi connectivity index (χ4n) is 1.63. The summed E-state index contributed by atoms with van der Waals surface area (Å²) in [6.45, 7) is 3.26. The van der Waals surface area contributed by atoms with E-state index in [1.807, 2.05) is 12.1 Å². The molecule has 1 aromatic carbocycles. The Kier molecular flexibility index (Phi) is 5.99. The van der Waals surface area contributed by atoms with Crippen molar-refractivity contribution in [1.82, 2.24) is 5.32 Å². The first-order valence-corrected chi connectivity index (χ1v) is 6.69. The smallest absolute Gasteiger partial charge is 0.251 e. The van der Waals surface area contributed by atoms with Crippen molar-refractivity contribution in [3.8, 4) is 0 Å². The number of benzene rings is 1. The van der Waals surface area contributed by atoms with Crippen LogP contribution in [0.2, 0.25) is 0 Å². The van der Waals surface area contributed by atoms with Gasteiger partial charge in [-0.1, -0.05) is 25.5 Å². The number of aliphatic hydroxyl groups is 2.